The lowest BCUT2D eigenvalue weighted by Crippen LogP contribution is -1.96. The summed E-state index contributed by atoms with van der Waals surface area (Å²) < 4.78 is 1.88. The highest BCUT2D eigenvalue weighted by Gasteiger charge is 2.04. The van der Waals surface area contributed by atoms with E-state index < -0.39 is 0 Å². The molecule has 1 heterocycles. The normalized spacial score (nSPS) is 10.6. The molecule has 0 amide bonds. The first-order valence-electron chi connectivity index (χ1n) is 6.27. The molecule has 0 fully saturated rings. The summed E-state index contributed by atoms with van der Waals surface area (Å²) >= 11 is 0. The number of benzene rings is 2. The largest absolute Gasteiger partial charge is 0.326 e. The van der Waals surface area contributed by atoms with Gasteiger partial charge in [0.1, 0.15) is 0 Å². The maximum atomic E-state index is 5.67. The van der Waals surface area contributed by atoms with Gasteiger partial charge in [0.2, 0.25) is 0 Å². The summed E-state index contributed by atoms with van der Waals surface area (Å²) in [6.45, 7) is 0.549. The Bertz CT molecular complexity index is 671. The van der Waals surface area contributed by atoms with Crippen molar-refractivity contribution in [1.29, 1.82) is 0 Å². The van der Waals surface area contributed by atoms with Crippen molar-refractivity contribution in [3.05, 3.63) is 72.4 Å². The van der Waals surface area contributed by atoms with Crippen molar-refractivity contribution in [2.45, 2.75) is 6.54 Å². The number of hydrogen-bond donors (Lipinski definition) is 1. The van der Waals surface area contributed by atoms with Crippen molar-refractivity contribution in [2.75, 3.05) is 0 Å². The Morgan fingerprint density at radius 2 is 1.79 bits per heavy atom. The van der Waals surface area contributed by atoms with E-state index in [0.717, 1.165) is 22.5 Å². The van der Waals surface area contributed by atoms with Crippen LogP contribution in [0.2, 0.25) is 0 Å². The van der Waals surface area contributed by atoms with E-state index in [0.29, 0.717) is 6.54 Å². The van der Waals surface area contributed by atoms with E-state index in [1.54, 1.807) is 0 Å². The highest BCUT2D eigenvalue weighted by molar-refractivity contribution is 5.60. The molecule has 2 aromatic carbocycles. The number of aromatic nitrogens is 2. The fourth-order valence-electron chi connectivity index (χ4n) is 2.06. The van der Waals surface area contributed by atoms with Crippen LogP contribution < -0.4 is 5.73 Å². The highest BCUT2D eigenvalue weighted by atomic mass is 15.3. The molecule has 0 saturated heterocycles. The molecule has 94 valence electrons. The third-order valence-electron chi connectivity index (χ3n) is 3.07. The zero-order valence-corrected chi connectivity index (χ0v) is 10.5. The Labute approximate surface area is 112 Å². The zero-order chi connectivity index (χ0) is 13.1. The average molecular weight is 249 g/mol. The van der Waals surface area contributed by atoms with Gasteiger partial charge in [0.25, 0.3) is 0 Å². The molecule has 19 heavy (non-hydrogen) atoms. The molecule has 0 aliphatic heterocycles. The molecule has 0 bridgehead atoms. The van der Waals surface area contributed by atoms with Crippen molar-refractivity contribution in [1.82, 2.24) is 9.78 Å². The Morgan fingerprint density at radius 3 is 2.58 bits per heavy atom. The van der Waals surface area contributed by atoms with Gasteiger partial charge in [-0.05, 0) is 29.8 Å². The molecule has 0 atom stereocenters. The molecule has 3 aromatic rings. The van der Waals surface area contributed by atoms with Gasteiger partial charge in [-0.25, -0.2) is 4.68 Å². The van der Waals surface area contributed by atoms with Crippen LogP contribution in [0.25, 0.3) is 16.9 Å². The van der Waals surface area contributed by atoms with Gasteiger partial charge in [0.05, 0.1) is 11.4 Å². The standard InChI is InChI=1S/C16H15N3/c17-12-13-5-4-6-14(11-13)16-9-10-19(18-16)15-7-2-1-3-8-15/h1-11H,12,17H2. The molecular formula is C16H15N3. The van der Waals surface area contributed by atoms with E-state index in [9.17, 15) is 0 Å². The lowest BCUT2D eigenvalue weighted by atomic mass is 10.1. The van der Waals surface area contributed by atoms with E-state index in [4.69, 9.17) is 5.73 Å². The molecule has 0 saturated carbocycles. The second-order valence-electron chi connectivity index (χ2n) is 4.39. The van der Waals surface area contributed by atoms with Crippen molar-refractivity contribution < 1.29 is 0 Å². The van der Waals surface area contributed by atoms with Crippen molar-refractivity contribution in [2.24, 2.45) is 5.73 Å². The minimum Gasteiger partial charge on any atom is -0.326 e. The Hall–Kier alpha value is -2.39. The van der Waals surface area contributed by atoms with E-state index in [1.165, 1.54) is 0 Å². The number of nitrogens with two attached hydrogens (primary N) is 1. The van der Waals surface area contributed by atoms with Crippen molar-refractivity contribution in [3.8, 4) is 16.9 Å². The molecule has 3 nitrogen and oxygen atoms in total. The molecule has 1 aromatic heterocycles. The van der Waals surface area contributed by atoms with Gasteiger partial charge >= 0.3 is 0 Å². The van der Waals surface area contributed by atoms with Crippen LogP contribution in [0, 0.1) is 0 Å². The molecule has 0 radical (unpaired) electrons. The summed E-state index contributed by atoms with van der Waals surface area (Å²) in [7, 11) is 0. The van der Waals surface area contributed by atoms with E-state index in [2.05, 4.69) is 17.2 Å². The van der Waals surface area contributed by atoms with Crippen LogP contribution in [0.15, 0.2) is 66.9 Å². The van der Waals surface area contributed by atoms with E-state index >= 15 is 0 Å². The third-order valence-corrected chi connectivity index (χ3v) is 3.07. The third kappa shape index (κ3) is 2.41. The monoisotopic (exact) mass is 249 g/mol. The fourth-order valence-corrected chi connectivity index (χ4v) is 2.06. The van der Waals surface area contributed by atoms with Gasteiger partial charge < -0.3 is 5.73 Å². The second-order valence-corrected chi connectivity index (χ2v) is 4.39. The summed E-state index contributed by atoms with van der Waals surface area (Å²) in [5.74, 6) is 0. The SMILES string of the molecule is NCc1cccc(-c2ccn(-c3ccccc3)n2)c1. The summed E-state index contributed by atoms with van der Waals surface area (Å²) in [6.07, 6.45) is 1.97. The van der Waals surface area contributed by atoms with Crippen LogP contribution >= 0.6 is 0 Å². The first-order chi connectivity index (χ1) is 9.36. The number of para-hydroxylation sites is 1. The Balaban J connectivity index is 1.97. The molecule has 2 N–H and O–H groups in total. The number of rotatable bonds is 3. The smallest absolute Gasteiger partial charge is 0.0927 e. The van der Waals surface area contributed by atoms with Gasteiger partial charge in [-0.2, -0.15) is 5.10 Å². The lowest BCUT2D eigenvalue weighted by Gasteiger charge is -2.02. The number of nitrogens with zero attached hydrogens (tertiary/aromatic N) is 2. The second kappa shape index (κ2) is 5.08. The van der Waals surface area contributed by atoms with Crippen molar-refractivity contribution >= 4 is 0 Å². The molecule has 3 heteroatoms. The molecular weight excluding hydrogens is 234 g/mol. The maximum absolute atomic E-state index is 5.67. The quantitative estimate of drug-likeness (QED) is 0.775. The summed E-state index contributed by atoms with van der Waals surface area (Å²) in [5, 5.41) is 4.60. The molecule has 0 unspecified atom stereocenters. The van der Waals surface area contributed by atoms with Gasteiger partial charge in [-0.15, -0.1) is 0 Å². The molecule has 3 rings (SSSR count). The minimum absolute atomic E-state index is 0.549. The average Bonchev–Trinajstić information content (AvgIpc) is 2.98. The zero-order valence-electron chi connectivity index (χ0n) is 10.5. The van der Waals surface area contributed by atoms with E-state index in [-0.39, 0.29) is 0 Å². The van der Waals surface area contributed by atoms with Gasteiger partial charge in [-0.3, -0.25) is 0 Å². The van der Waals surface area contributed by atoms with Crippen LogP contribution in [0.1, 0.15) is 5.56 Å². The van der Waals surface area contributed by atoms with Crippen LogP contribution in [-0.2, 0) is 6.54 Å². The summed E-state index contributed by atoms with van der Waals surface area (Å²) in [6, 6.07) is 20.3. The van der Waals surface area contributed by atoms with Gasteiger partial charge in [0.15, 0.2) is 0 Å². The molecule has 0 aliphatic carbocycles. The van der Waals surface area contributed by atoms with Crippen LogP contribution in [0.4, 0.5) is 0 Å². The van der Waals surface area contributed by atoms with Crippen LogP contribution in [0.3, 0.4) is 0 Å². The maximum Gasteiger partial charge on any atom is 0.0927 e. The predicted octanol–water partition coefficient (Wildman–Crippen LogP) is 3.00. The first kappa shape index (κ1) is 11.7. The summed E-state index contributed by atoms with van der Waals surface area (Å²) in [4.78, 5) is 0. The fraction of sp³-hybridized carbons (Fsp3) is 0.0625. The molecule has 0 aliphatic rings. The summed E-state index contributed by atoms with van der Waals surface area (Å²) in [5.41, 5.74) is 9.90. The Morgan fingerprint density at radius 1 is 0.947 bits per heavy atom. The minimum atomic E-state index is 0.549. The lowest BCUT2D eigenvalue weighted by molar-refractivity contribution is 0.884. The van der Waals surface area contributed by atoms with Gasteiger partial charge in [0, 0.05) is 18.3 Å². The van der Waals surface area contributed by atoms with Gasteiger partial charge in [-0.1, -0.05) is 36.4 Å². The highest BCUT2D eigenvalue weighted by Crippen LogP contribution is 2.19. The van der Waals surface area contributed by atoms with Crippen molar-refractivity contribution in [3.63, 3.8) is 0 Å². The van der Waals surface area contributed by atoms with Crippen LogP contribution in [-0.4, -0.2) is 9.78 Å². The topological polar surface area (TPSA) is 43.8 Å². The predicted molar refractivity (Wildman–Crippen MR) is 76.9 cm³/mol. The first-order valence-corrected chi connectivity index (χ1v) is 6.27. The van der Waals surface area contributed by atoms with E-state index in [1.807, 2.05) is 59.4 Å². The molecule has 0 spiro atoms. The van der Waals surface area contributed by atoms with Crippen LogP contribution in [0.5, 0.6) is 0 Å². The Kier molecular flexibility index (Phi) is 3.12. The number of hydrogen-bond acceptors (Lipinski definition) is 2.